The third-order valence-corrected chi connectivity index (χ3v) is 17.2. The third kappa shape index (κ3) is 4.59. The van der Waals surface area contributed by atoms with Crippen molar-refractivity contribution in [3.05, 3.63) is 70.1 Å². The van der Waals surface area contributed by atoms with Gasteiger partial charge in [-0.2, -0.15) is 0 Å². The third-order valence-electron chi connectivity index (χ3n) is 9.57. The molecule has 2 aliphatic heterocycles. The second-order valence-corrected chi connectivity index (χ2v) is 20.1. The first-order valence-electron chi connectivity index (χ1n) is 16.7. The quantitative estimate of drug-likeness (QED) is 0.183. The molecule has 0 saturated heterocycles. The van der Waals surface area contributed by atoms with E-state index in [9.17, 15) is 9.90 Å². The number of nitrogens with zero attached hydrogens (tertiary/aromatic N) is 4. The number of benzene rings is 2. The molecule has 224 valence electrons. The molecule has 8 heteroatoms. The van der Waals surface area contributed by atoms with E-state index >= 15 is 0 Å². The summed E-state index contributed by atoms with van der Waals surface area (Å²) in [6, 6.07) is 10.5. The number of hydrogen-bond acceptors (Lipinski definition) is 5. The van der Waals surface area contributed by atoms with Crippen LogP contribution in [0.25, 0.3) is 21.5 Å². The largest absolute Gasteiger partial charge is 0.383 e. The first-order valence-corrected chi connectivity index (χ1v) is 18.2. The summed E-state index contributed by atoms with van der Waals surface area (Å²) in [7, 11) is -2.10. The van der Waals surface area contributed by atoms with Crippen molar-refractivity contribution in [1.82, 2.24) is 19.4 Å². The van der Waals surface area contributed by atoms with Gasteiger partial charge in [0.2, 0.25) is 0 Å². The molecule has 0 spiro atoms. The molecule has 4 aromatic rings. The van der Waals surface area contributed by atoms with Crippen molar-refractivity contribution in [2.24, 2.45) is 0 Å². The lowest BCUT2D eigenvalue weighted by atomic mass is 9.93. The molecule has 2 atom stereocenters. The predicted molar refractivity (Wildman–Crippen MR) is 178 cm³/mol. The molecule has 1 amide bonds. The second-order valence-electron chi connectivity index (χ2n) is 13.5. The van der Waals surface area contributed by atoms with Gasteiger partial charge in [0.05, 0.1) is 28.0 Å². The molecule has 2 aromatic heterocycles. The highest BCUT2D eigenvalue weighted by Gasteiger charge is 2.45. The lowest BCUT2D eigenvalue weighted by Crippen LogP contribution is -2.43. The first-order chi connectivity index (χ1) is 21.5. The van der Waals surface area contributed by atoms with E-state index in [2.05, 4.69) is 68.6 Å². The molecule has 2 aliphatic rings. The number of thiazole rings is 1. The van der Waals surface area contributed by atoms with Gasteiger partial charge < -0.3 is 14.6 Å². The normalized spacial score (nSPS) is 19.7. The maximum atomic E-state index is 14.2. The molecule has 0 aliphatic carbocycles. The van der Waals surface area contributed by atoms with Crippen LogP contribution >= 0.6 is 11.3 Å². The Morgan fingerprint density at radius 3 is 2.44 bits per heavy atom. The summed E-state index contributed by atoms with van der Waals surface area (Å²) in [5.74, 6) is 3.67. The van der Waals surface area contributed by atoms with Crippen LogP contribution in [0.1, 0.15) is 110 Å². The fourth-order valence-corrected chi connectivity index (χ4v) is 13.6. The van der Waals surface area contributed by atoms with Crippen LogP contribution in [0.3, 0.4) is 0 Å². The number of amides is 1. The first kappa shape index (κ1) is 26.2. The molecule has 1 N–H and O–H groups in total. The maximum absolute atomic E-state index is 14.2. The van der Waals surface area contributed by atoms with E-state index in [1.807, 2.05) is 24.3 Å². The number of aromatic nitrogens is 3. The second kappa shape index (κ2) is 10.4. The SMILES string of the molecule is [2H]C([2H])([2H])N1C(=O)c2cccc(C#C[Si](C(C)C)(C(C)C)C(C)C)c2[C@H]2C[C@@H]1c1nc3ccc(-c4cnc(C(C)(C)O)s4)cc3n12. The van der Waals surface area contributed by atoms with Gasteiger partial charge in [-0.25, -0.2) is 9.97 Å². The van der Waals surface area contributed by atoms with Crippen LogP contribution in [0.2, 0.25) is 16.6 Å². The van der Waals surface area contributed by atoms with Crippen LogP contribution in [0, 0.1) is 11.5 Å². The topological polar surface area (TPSA) is 71.2 Å². The van der Waals surface area contributed by atoms with Crippen molar-refractivity contribution in [1.29, 1.82) is 0 Å². The van der Waals surface area contributed by atoms with Gasteiger partial charge in [0.25, 0.3) is 5.91 Å². The van der Waals surface area contributed by atoms with Gasteiger partial charge in [0, 0.05) is 40.4 Å². The number of carbonyl (C=O) groups excluding carboxylic acids is 1. The van der Waals surface area contributed by atoms with Crippen LogP contribution in [-0.2, 0) is 5.60 Å². The van der Waals surface area contributed by atoms with Gasteiger partial charge in [-0.3, -0.25) is 4.79 Å². The molecule has 6 nitrogen and oxygen atoms in total. The molecule has 0 saturated carbocycles. The smallest absolute Gasteiger partial charge is 0.254 e. The summed E-state index contributed by atoms with van der Waals surface area (Å²) < 4.78 is 27.4. The average molecular weight is 614 g/mol. The predicted octanol–water partition coefficient (Wildman–Crippen LogP) is 8.08. The summed E-state index contributed by atoms with van der Waals surface area (Å²) in [6.45, 7) is 14.5. The Hall–Kier alpha value is -3.25. The zero-order valence-corrected chi connectivity index (χ0v) is 28.0. The Balaban J connectivity index is 1.59. The summed E-state index contributed by atoms with van der Waals surface area (Å²) in [5, 5.41) is 11.1. The van der Waals surface area contributed by atoms with Gasteiger partial charge in [-0.1, -0.05) is 59.6 Å². The molecule has 2 bridgehead atoms. The van der Waals surface area contributed by atoms with Crippen molar-refractivity contribution in [2.75, 3.05) is 6.98 Å². The lowest BCUT2D eigenvalue weighted by Gasteiger charge is -2.38. The minimum Gasteiger partial charge on any atom is -0.383 e. The summed E-state index contributed by atoms with van der Waals surface area (Å²) in [5.41, 5.74) is 8.59. The van der Waals surface area contributed by atoms with Crippen molar-refractivity contribution in [3.8, 4) is 21.9 Å². The van der Waals surface area contributed by atoms with Gasteiger partial charge in [-0.05, 0) is 60.3 Å². The minimum absolute atomic E-state index is 0.321. The number of aliphatic hydroxyl groups is 1. The van der Waals surface area contributed by atoms with E-state index in [0.717, 1.165) is 37.5 Å². The summed E-state index contributed by atoms with van der Waals surface area (Å²) >= 11 is 1.44. The van der Waals surface area contributed by atoms with Crippen molar-refractivity contribution < 1.29 is 14.0 Å². The van der Waals surface area contributed by atoms with Crippen LogP contribution < -0.4 is 0 Å². The van der Waals surface area contributed by atoms with E-state index in [0.29, 0.717) is 39.4 Å². The molecule has 0 fully saturated rings. The molecule has 4 heterocycles. The minimum atomic E-state index is -2.65. The van der Waals surface area contributed by atoms with E-state index < -0.39 is 32.6 Å². The fraction of sp³-hybridized carbons (Fsp3) is 0.457. The number of fused-ring (bicyclic) bond motifs is 9. The number of imidazole rings is 1. The standard InChI is InChI=1S/C35H42N4O2SSi/c1-20(2)43(21(3)4,22(5)6)16-15-23-11-10-12-25-31(23)28-18-29(38(9)33(25)40)32-37-26-14-13-24(17-27(26)39(28)32)30-19-36-34(42-30)35(7,8)41/h10-14,17,19-22,28-29,41H,18H2,1-9H3/t28-,29-/m1/s1/i9D3. The lowest BCUT2D eigenvalue weighted by molar-refractivity contribution is 0.0733. The Labute approximate surface area is 264 Å². The van der Waals surface area contributed by atoms with Crippen LogP contribution in [0.15, 0.2) is 42.6 Å². The number of hydrogen-bond donors (Lipinski definition) is 1. The summed E-state index contributed by atoms with van der Waals surface area (Å²) in [4.78, 5) is 25.5. The van der Waals surface area contributed by atoms with Gasteiger partial charge in [0.15, 0.2) is 0 Å². The molecule has 2 aromatic carbocycles. The molecule has 6 rings (SSSR count). The average Bonchev–Trinajstić information content (AvgIpc) is 3.65. The molecule has 0 unspecified atom stereocenters. The zero-order valence-electron chi connectivity index (χ0n) is 29.2. The monoisotopic (exact) mass is 613 g/mol. The van der Waals surface area contributed by atoms with Crippen molar-refractivity contribution >= 4 is 36.4 Å². The molecular formula is C35H42N4O2SSi. The highest BCUT2D eigenvalue weighted by Crippen LogP contribution is 2.49. The van der Waals surface area contributed by atoms with E-state index in [1.165, 1.54) is 11.3 Å². The van der Waals surface area contributed by atoms with E-state index in [4.69, 9.17) is 9.10 Å². The highest BCUT2D eigenvalue weighted by atomic mass is 32.1. The Morgan fingerprint density at radius 1 is 1.09 bits per heavy atom. The molecule has 43 heavy (non-hydrogen) atoms. The Morgan fingerprint density at radius 2 is 1.81 bits per heavy atom. The van der Waals surface area contributed by atoms with Crippen LogP contribution in [0.5, 0.6) is 0 Å². The van der Waals surface area contributed by atoms with Crippen LogP contribution in [0.4, 0.5) is 0 Å². The summed E-state index contributed by atoms with van der Waals surface area (Å²) in [6.07, 6.45) is 2.18. The van der Waals surface area contributed by atoms with Crippen LogP contribution in [-0.4, -0.2) is 45.5 Å². The van der Waals surface area contributed by atoms with Crippen molar-refractivity contribution in [2.45, 2.75) is 96.1 Å². The van der Waals surface area contributed by atoms with Gasteiger partial charge in [-0.15, -0.1) is 16.9 Å². The van der Waals surface area contributed by atoms with E-state index in [1.54, 1.807) is 26.1 Å². The maximum Gasteiger partial charge on any atom is 0.254 e. The molecule has 0 radical (unpaired) electrons. The fourth-order valence-electron chi connectivity index (χ4n) is 7.51. The molecular weight excluding hydrogens is 569 g/mol. The number of carbonyl (C=O) groups is 1. The highest BCUT2D eigenvalue weighted by molar-refractivity contribution is 7.15. The van der Waals surface area contributed by atoms with Gasteiger partial charge >= 0.3 is 0 Å². The Bertz CT molecular complexity index is 1890. The Kier molecular flexibility index (Phi) is 6.35. The van der Waals surface area contributed by atoms with E-state index in [-0.39, 0.29) is 6.04 Å². The zero-order chi connectivity index (χ0) is 33.5. The van der Waals surface area contributed by atoms with Crippen molar-refractivity contribution in [3.63, 3.8) is 0 Å². The number of rotatable bonds is 5. The van der Waals surface area contributed by atoms with Gasteiger partial charge in [0.1, 0.15) is 24.5 Å².